The summed E-state index contributed by atoms with van der Waals surface area (Å²) < 4.78 is 5.03. The molecule has 1 aliphatic heterocycles. The van der Waals surface area contributed by atoms with Gasteiger partial charge in [0.05, 0.1) is 28.9 Å². The van der Waals surface area contributed by atoms with Crippen LogP contribution in [0.3, 0.4) is 0 Å². The molecule has 1 unspecified atom stereocenters. The van der Waals surface area contributed by atoms with Gasteiger partial charge in [-0.3, -0.25) is 4.90 Å². The molecular formula is C20H19Cl2NO2. The van der Waals surface area contributed by atoms with Crippen molar-refractivity contribution in [2.75, 3.05) is 12.0 Å². The van der Waals surface area contributed by atoms with E-state index in [4.69, 9.17) is 27.9 Å². The number of benzene rings is 2. The van der Waals surface area contributed by atoms with E-state index < -0.39 is 0 Å². The molecular weight excluding hydrogens is 357 g/mol. The average molecular weight is 376 g/mol. The summed E-state index contributed by atoms with van der Waals surface area (Å²) in [6.07, 6.45) is 2.34. The third kappa shape index (κ3) is 3.53. The number of methoxy groups -OCH3 is 1. The number of amides is 1. The third-order valence-electron chi connectivity index (χ3n) is 4.41. The first-order chi connectivity index (χ1) is 11.9. The third-order valence-corrected chi connectivity index (χ3v) is 5.15. The van der Waals surface area contributed by atoms with Gasteiger partial charge in [-0.05, 0) is 55.7 Å². The molecule has 1 heterocycles. The zero-order valence-corrected chi connectivity index (χ0v) is 15.9. The molecule has 1 amide bonds. The standard InChI is InChI=1S/C20H19Cl2NO2/c1-12-4-7-19-16(8-12)13(2)9-15(23(19)20(24)25-3)10-14-5-6-17(21)18(22)11-14/h4-9,11,15H,10H2,1-3H3. The van der Waals surface area contributed by atoms with E-state index in [9.17, 15) is 4.79 Å². The maximum Gasteiger partial charge on any atom is 0.414 e. The molecule has 0 saturated carbocycles. The van der Waals surface area contributed by atoms with Crippen molar-refractivity contribution in [3.63, 3.8) is 0 Å². The highest BCUT2D eigenvalue weighted by Crippen LogP contribution is 2.36. The molecule has 2 aromatic carbocycles. The number of ether oxygens (including phenoxy) is 1. The first-order valence-corrected chi connectivity index (χ1v) is 8.77. The molecule has 5 heteroatoms. The van der Waals surface area contributed by atoms with Crippen LogP contribution < -0.4 is 4.90 Å². The fraction of sp³-hybridized carbons (Fsp3) is 0.250. The maximum absolute atomic E-state index is 12.5. The highest BCUT2D eigenvalue weighted by molar-refractivity contribution is 6.42. The van der Waals surface area contributed by atoms with Crippen LogP contribution in [0.2, 0.25) is 10.0 Å². The lowest BCUT2D eigenvalue weighted by Gasteiger charge is -2.35. The number of aryl methyl sites for hydroxylation is 1. The van der Waals surface area contributed by atoms with E-state index in [2.05, 4.69) is 19.1 Å². The Kier molecular flexibility index (Phi) is 5.07. The fourth-order valence-corrected chi connectivity index (χ4v) is 3.52. The van der Waals surface area contributed by atoms with Gasteiger partial charge in [0.1, 0.15) is 0 Å². The molecule has 3 rings (SSSR count). The van der Waals surface area contributed by atoms with E-state index in [0.29, 0.717) is 16.5 Å². The van der Waals surface area contributed by atoms with Crippen LogP contribution in [0.1, 0.15) is 23.6 Å². The van der Waals surface area contributed by atoms with Crippen molar-refractivity contribution in [1.29, 1.82) is 0 Å². The number of carbonyl (C=O) groups excluding carboxylic acids is 1. The number of allylic oxidation sites excluding steroid dienone is 1. The van der Waals surface area contributed by atoms with Gasteiger partial charge in [0.2, 0.25) is 0 Å². The highest BCUT2D eigenvalue weighted by atomic mass is 35.5. The van der Waals surface area contributed by atoms with Crippen LogP contribution in [0, 0.1) is 6.92 Å². The lowest BCUT2D eigenvalue weighted by atomic mass is 9.92. The van der Waals surface area contributed by atoms with Crippen molar-refractivity contribution in [2.45, 2.75) is 26.3 Å². The smallest absolute Gasteiger partial charge is 0.414 e. The van der Waals surface area contributed by atoms with Gasteiger partial charge in [0.15, 0.2) is 0 Å². The van der Waals surface area contributed by atoms with Crippen LogP contribution in [0.15, 0.2) is 42.5 Å². The van der Waals surface area contributed by atoms with E-state index in [-0.39, 0.29) is 12.1 Å². The summed E-state index contributed by atoms with van der Waals surface area (Å²) in [6, 6.07) is 11.5. The summed E-state index contributed by atoms with van der Waals surface area (Å²) in [5.74, 6) is 0. The molecule has 25 heavy (non-hydrogen) atoms. The van der Waals surface area contributed by atoms with Gasteiger partial charge in [-0.25, -0.2) is 4.79 Å². The van der Waals surface area contributed by atoms with Gasteiger partial charge in [-0.2, -0.15) is 0 Å². The molecule has 2 aromatic rings. The molecule has 0 aromatic heterocycles. The Bertz CT molecular complexity index is 861. The first-order valence-electron chi connectivity index (χ1n) is 8.01. The zero-order chi connectivity index (χ0) is 18.1. The molecule has 3 nitrogen and oxygen atoms in total. The molecule has 0 saturated heterocycles. The van der Waals surface area contributed by atoms with E-state index in [1.807, 2.05) is 31.2 Å². The van der Waals surface area contributed by atoms with Crippen LogP contribution in [-0.4, -0.2) is 19.2 Å². The van der Waals surface area contributed by atoms with E-state index in [1.165, 1.54) is 7.11 Å². The summed E-state index contributed by atoms with van der Waals surface area (Å²) in [7, 11) is 1.40. The molecule has 0 spiro atoms. The van der Waals surface area contributed by atoms with Gasteiger partial charge >= 0.3 is 6.09 Å². The van der Waals surface area contributed by atoms with Crippen LogP contribution in [-0.2, 0) is 11.2 Å². The lowest BCUT2D eigenvalue weighted by molar-refractivity contribution is 0.177. The molecule has 1 atom stereocenters. The zero-order valence-electron chi connectivity index (χ0n) is 14.3. The second-order valence-electron chi connectivity index (χ2n) is 6.23. The molecule has 0 radical (unpaired) electrons. The molecule has 0 aliphatic carbocycles. The SMILES string of the molecule is COC(=O)N1c2ccc(C)cc2C(C)=CC1Cc1ccc(Cl)c(Cl)c1. The van der Waals surface area contributed by atoms with Gasteiger partial charge in [0.25, 0.3) is 0 Å². The monoisotopic (exact) mass is 375 g/mol. The van der Waals surface area contributed by atoms with Gasteiger partial charge in [-0.1, -0.05) is 47.0 Å². The Morgan fingerprint density at radius 2 is 1.88 bits per heavy atom. The molecule has 0 fully saturated rings. The summed E-state index contributed by atoms with van der Waals surface area (Å²) in [5.41, 5.74) is 5.22. The Labute approximate surface area is 157 Å². The number of hydrogen-bond donors (Lipinski definition) is 0. The molecule has 0 N–H and O–H groups in total. The largest absolute Gasteiger partial charge is 0.452 e. The number of carbonyl (C=O) groups is 1. The summed E-state index contributed by atoms with van der Waals surface area (Å²) in [4.78, 5) is 14.2. The number of anilines is 1. The summed E-state index contributed by atoms with van der Waals surface area (Å²) >= 11 is 12.1. The predicted octanol–water partition coefficient (Wildman–Crippen LogP) is 5.90. The van der Waals surface area contributed by atoms with Crippen molar-refractivity contribution < 1.29 is 9.53 Å². The minimum Gasteiger partial charge on any atom is -0.452 e. The van der Waals surface area contributed by atoms with Crippen molar-refractivity contribution in [1.82, 2.24) is 0 Å². The second-order valence-corrected chi connectivity index (χ2v) is 7.04. The highest BCUT2D eigenvalue weighted by Gasteiger charge is 2.31. The van der Waals surface area contributed by atoms with Crippen molar-refractivity contribution >= 4 is 40.6 Å². The Hall–Kier alpha value is -1.97. The van der Waals surface area contributed by atoms with E-state index >= 15 is 0 Å². The lowest BCUT2D eigenvalue weighted by Crippen LogP contribution is -2.43. The molecule has 1 aliphatic rings. The Morgan fingerprint density at radius 3 is 2.56 bits per heavy atom. The first kappa shape index (κ1) is 17.8. The minimum absolute atomic E-state index is 0.153. The summed E-state index contributed by atoms with van der Waals surface area (Å²) in [5, 5.41) is 1.03. The Balaban J connectivity index is 2.02. The predicted molar refractivity (Wildman–Crippen MR) is 104 cm³/mol. The van der Waals surface area contributed by atoms with Crippen LogP contribution >= 0.6 is 23.2 Å². The van der Waals surface area contributed by atoms with Crippen molar-refractivity contribution in [3.8, 4) is 0 Å². The van der Waals surface area contributed by atoms with Crippen LogP contribution in [0.25, 0.3) is 5.57 Å². The maximum atomic E-state index is 12.5. The van der Waals surface area contributed by atoms with Crippen molar-refractivity contribution in [3.05, 3.63) is 69.2 Å². The number of hydrogen-bond acceptors (Lipinski definition) is 2. The number of rotatable bonds is 2. The molecule has 0 bridgehead atoms. The van der Waals surface area contributed by atoms with Crippen LogP contribution in [0.4, 0.5) is 10.5 Å². The molecule has 130 valence electrons. The Morgan fingerprint density at radius 1 is 1.12 bits per heavy atom. The van der Waals surface area contributed by atoms with Gasteiger partial charge < -0.3 is 4.74 Å². The number of halogens is 2. The van der Waals surface area contributed by atoms with Gasteiger partial charge in [0, 0.05) is 5.56 Å². The topological polar surface area (TPSA) is 29.5 Å². The second kappa shape index (κ2) is 7.11. The minimum atomic E-state index is -0.376. The number of nitrogens with zero attached hydrogens (tertiary/aromatic N) is 1. The number of fused-ring (bicyclic) bond motifs is 1. The van der Waals surface area contributed by atoms with Crippen molar-refractivity contribution in [2.24, 2.45) is 0 Å². The normalized spacial score (nSPS) is 16.3. The van der Waals surface area contributed by atoms with Gasteiger partial charge in [-0.15, -0.1) is 0 Å². The van der Waals surface area contributed by atoms with E-state index in [1.54, 1.807) is 11.0 Å². The fourth-order valence-electron chi connectivity index (χ4n) is 3.20. The average Bonchev–Trinajstić information content (AvgIpc) is 2.58. The summed E-state index contributed by atoms with van der Waals surface area (Å²) in [6.45, 7) is 4.10. The quantitative estimate of drug-likeness (QED) is 0.653. The van der Waals surface area contributed by atoms with E-state index in [0.717, 1.165) is 28.0 Å². The van der Waals surface area contributed by atoms with Crippen LogP contribution in [0.5, 0.6) is 0 Å².